The molecule has 4 rings (SSSR count). The molecule has 1 aliphatic heterocycles. The van der Waals surface area contributed by atoms with Gasteiger partial charge in [-0.2, -0.15) is 0 Å². The minimum atomic E-state index is -0.244. The summed E-state index contributed by atoms with van der Waals surface area (Å²) in [7, 11) is 1.66. The van der Waals surface area contributed by atoms with Crippen molar-refractivity contribution in [2.45, 2.75) is 26.3 Å². The van der Waals surface area contributed by atoms with Crippen LogP contribution in [0.1, 0.15) is 30.9 Å². The minimum Gasteiger partial charge on any atom is -0.342 e. The number of likely N-dealkylation sites (N-methyl/N-ethyl adjacent to an activating group) is 1. The molecular formula is C24H25N3O2. The maximum atomic E-state index is 12.9. The molecule has 0 spiro atoms. The number of carbonyl (C=O) groups excluding carboxylic acids is 2. The van der Waals surface area contributed by atoms with Crippen LogP contribution < -0.4 is 0 Å². The smallest absolute Gasteiger partial charge is 0.278 e. The van der Waals surface area contributed by atoms with Gasteiger partial charge in [0, 0.05) is 42.8 Å². The molecule has 2 amide bonds. The van der Waals surface area contributed by atoms with Gasteiger partial charge in [-0.1, -0.05) is 61.9 Å². The molecule has 29 heavy (non-hydrogen) atoms. The SMILES string of the molecule is CCCCN1C(=O)/C(=C\c2cn(Cc3ccccc3)c3ccccc23)C(=O)N1C. The molecule has 0 saturated carbocycles. The van der Waals surface area contributed by atoms with E-state index in [1.807, 2.05) is 42.6 Å². The van der Waals surface area contributed by atoms with Crippen LogP contribution in [0.3, 0.4) is 0 Å². The van der Waals surface area contributed by atoms with Gasteiger partial charge in [-0.3, -0.25) is 14.6 Å². The van der Waals surface area contributed by atoms with Gasteiger partial charge >= 0.3 is 0 Å². The molecule has 0 N–H and O–H groups in total. The second kappa shape index (κ2) is 7.95. The number of rotatable bonds is 6. The van der Waals surface area contributed by atoms with Gasteiger partial charge in [0.25, 0.3) is 11.8 Å². The highest BCUT2D eigenvalue weighted by Crippen LogP contribution is 2.27. The van der Waals surface area contributed by atoms with Crippen molar-refractivity contribution in [3.63, 3.8) is 0 Å². The average Bonchev–Trinajstić information content (AvgIpc) is 3.18. The molecule has 0 atom stereocenters. The van der Waals surface area contributed by atoms with E-state index < -0.39 is 0 Å². The van der Waals surface area contributed by atoms with Gasteiger partial charge in [0.2, 0.25) is 0 Å². The van der Waals surface area contributed by atoms with Crippen molar-refractivity contribution >= 4 is 28.8 Å². The van der Waals surface area contributed by atoms with Crippen molar-refractivity contribution in [2.75, 3.05) is 13.6 Å². The Morgan fingerprint density at radius 3 is 2.41 bits per heavy atom. The average molecular weight is 387 g/mol. The number of benzene rings is 2. The third-order valence-electron chi connectivity index (χ3n) is 5.39. The lowest BCUT2D eigenvalue weighted by Gasteiger charge is -2.22. The van der Waals surface area contributed by atoms with Crippen LogP contribution >= 0.6 is 0 Å². The predicted octanol–water partition coefficient (Wildman–Crippen LogP) is 4.09. The molecule has 1 saturated heterocycles. The van der Waals surface area contributed by atoms with Gasteiger partial charge in [-0.15, -0.1) is 0 Å². The third-order valence-corrected chi connectivity index (χ3v) is 5.39. The summed E-state index contributed by atoms with van der Waals surface area (Å²) in [6.07, 6.45) is 5.61. The number of carbonyl (C=O) groups is 2. The Bertz CT molecular complexity index is 1080. The van der Waals surface area contributed by atoms with Gasteiger partial charge in [-0.25, -0.2) is 5.01 Å². The van der Waals surface area contributed by atoms with Gasteiger partial charge in [0.05, 0.1) is 0 Å². The molecule has 1 fully saturated rings. The molecule has 0 radical (unpaired) electrons. The fourth-order valence-electron chi connectivity index (χ4n) is 3.79. The van der Waals surface area contributed by atoms with E-state index in [1.54, 1.807) is 18.1 Å². The minimum absolute atomic E-state index is 0.217. The van der Waals surface area contributed by atoms with Crippen LogP contribution in [-0.2, 0) is 16.1 Å². The summed E-state index contributed by atoms with van der Waals surface area (Å²) in [6.45, 7) is 3.36. The number of para-hydroxylation sites is 1. The molecule has 5 heteroatoms. The topological polar surface area (TPSA) is 45.6 Å². The van der Waals surface area contributed by atoms with Gasteiger partial charge in [0.15, 0.2) is 0 Å². The van der Waals surface area contributed by atoms with Crippen molar-refractivity contribution < 1.29 is 9.59 Å². The molecule has 5 nitrogen and oxygen atoms in total. The highest BCUT2D eigenvalue weighted by Gasteiger charge is 2.38. The van der Waals surface area contributed by atoms with E-state index in [-0.39, 0.29) is 17.4 Å². The second-order valence-corrected chi connectivity index (χ2v) is 7.38. The normalized spacial score (nSPS) is 15.9. The monoisotopic (exact) mass is 387 g/mol. The quantitative estimate of drug-likeness (QED) is 0.472. The van der Waals surface area contributed by atoms with Crippen molar-refractivity contribution in [3.05, 3.63) is 77.5 Å². The first-order valence-corrected chi connectivity index (χ1v) is 10.0. The zero-order valence-electron chi connectivity index (χ0n) is 16.8. The first-order valence-electron chi connectivity index (χ1n) is 10.0. The van der Waals surface area contributed by atoms with Crippen LogP contribution in [0.5, 0.6) is 0 Å². The Hall–Kier alpha value is -3.34. The van der Waals surface area contributed by atoms with Crippen molar-refractivity contribution in [1.29, 1.82) is 0 Å². The highest BCUT2D eigenvalue weighted by atomic mass is 16.2. The number of nitrogens with zero attached hydrogens (tertiary/aromatic N) is 3. The molecule has 2 heterocycles. The van der Waals surface area contributed by atoms with Crippen molar-refractivity contribution in [2.24, 2.45) is 0 Å². The summed E-state index contributed by atoms with van der Waals surface area (Å²) < 4.78 is 2.17. The van der Waals surface area contributed by atoms with E-state index >= 15 is 0 Å². The van der Waals surface area contributed by atoms with Crippen molar-refractivity contribution in [3.8, 4) is 0 Å². The number of unbranched alkanes of at least 4 members (excludes halogenated alkanes) is 1. The fourth-order valence-corrected chi connectivity index (χ4v) is 3.79. The van der Waals surface area contributed by atoms with Crippen LogP contribution in [0.25, 0.3) is 17.0 Å². The molecule has 3 aromatic rings. The number of amides is 2. The molecule has 1 aromatic heterocycles. The van der Waals surface area contributed by atoms with E-state index in [2.05, 4.69) is 29.7 Å². The zero-order valence-corrected chi connectivity index (χ0v) is 16.8. The lowest BCUT2D eigenvalue weighted by Crippen LogP contribution is -2.38. The largest absolute Gasteiger partial charge is 0.342 e. The molecular weight excluding hydrogens is 362 g/mol. The first-order chi connectivity index (χ1) is 14.1. The van der Waals surface area contributed by atoms with Crippen LogP contribution in [0.4, 0.5) is 0 Å². The summed E-state index contributed by atoms with van der Waals surface area (Å²) in [5, 5.41) is 4.01. The zero-order chi connectivity index (χ0) is 20.4. The van der Waals surface area contributed by atoms with Gasteiger partial charge < -0.3 is 4.57 Å². The first kappa shape index (κ1) is 19.0. The van der Waals surface area contributed by atoms with E-state index in [4.69, 9.17) is 0 Å². The number of fused-ring (bicyclic) bond motifs is 1. The molecule has 148 valence electrons. The Morgan fingerprint density at radius 2 is 1.66 bits per heavy atom. The van der Waals surface area contributed by atoms with Gasteiger partial charge in [0.1, 0.15) is 5.57 Å². The predicted molar refractivity (Wildman–Crippen MR) is 115 cm³/mol. The lowest BCUT2D eigenvalue weighted by molar-refractivity contribution is -0.143. The van der Waals surface area contributed by atoms with E-state index in [9.17, 15) is 9.59 Å². The standard InChI is InChI=1S/C24H25N3O2/c1-3-4-14-27-24(29)21(23(28)25(27)2)15-19-17-26(16-18-10-6-5-7-11-18)22-13-9-8-12-20(19)22/h5-13,15,17H,3-4,14,16H2,1-2H3/b21-15-. The summed E-state index contributed by atoms with van der Waals surface area (Å²) in [4.78, 5) is 25.6. The lowest BCUT2D eigenvalue weighted by atomic mass is 10.1. The van der Waals surface area contributed by atoms with E-state index in [0.717, 1.165) is 35.9 Å². The maximum absolute atomic E-state index is 12.9. The summed E-state index contributed by atoms with van der Waals surface area (Å²) >= 11 is 0. The molecule has 0 unspecified atom stereocenters. The number of hydrogen-bond acceptors (Lipinski definition) is 2. The van der Waals surface area contributed by atoms with Crippen LogP contribution in [-0.4, -0.2) is 40.0 Å². The third kappa shape index (κ3) is 3.56. The molecule has 0 bridgehead atoms. The Labute approximate surface area is 170 Å². The summed E-state index contributed by atoms with van der Waals surface area (Å²) in [5.74, 6) is -0.461. The highest BCUT2D eigenvalue weighted by molar-refractivity contribution is 6.25. The van der Waals surface area contributed by atoms with Crippen LogP contribution in [0, 0.1) is 0 Å². The summed E-state index contributed by atoms with van der Waals surface area (Å²) in [6, 6.07) is 18.3. The molecule has 1 aliphatic rings. The molecule has 0 aliphatic carbocycles. The summed E-state index contributed by atoms with van der Waals surface area (Å²) in [5.41, 5.74) is 3.40. The molecule has 2 aromatic carbocycles. The number of hydrogen-bond donors (Lipinski definition) is 0. The van der Waals surface area contributed by atoms with Crippen LogP contribution in [0.15, 0.2) is 66.4 Å². The number of hydrazine groups is 1. The Balaban J connectivity index is 1.73. The van der Waals surface area contributed by atoms with Crippen LogP contribution in [0.2, 0.25) is 0 Å². The fraction of sp³-hybridized carbons (Fsp3) is 0.250. The second-order valence-electron chi connectivity index (χ2n) is 7.38. The van der Waals surface area contributed by atoms with Crippen molar-refractivity contribution in [1.82, 2.24) is 14.6 Å². The van der Waals surface area contributed by atoms with E-state index in [0.29, 0.717) is 6.54 Å². The Morgan fingerprint density at radius 1 is 0.931 bits per heavy atom. The number of aromatic nitrogens is 1. The maximum Gasteiger partial charge on any atom is 0.278 e. The van der Waals surface area contributed by atoms with E-state index in [1.165, 1.54) is 10.6 Å². The van der Waals surface area contributed by atoms with Gasteiger partial charge in [-0.05, 0) is 24.1 Å². The Kier molecular flexibility index (Phi) is 5.21.